The van der Waals surface area contributed by atoms with Gasteiger partial charge in [0.15, 0.2) is 5.82 Å². The van der Waals surface area contributed by atoms with Crippen molar-refractivity contribution in [1.29, 1.82) is 0 Å². The van der Waals surface area contributed by atoms with Crippen molar-refractivity contribution in [3.05, 3.63) is 164 Å². The van der Waals surface area contributed by atoms with Gasteiger partial charge in [-0.3, -0.25) is 4.99 Å². The number of fused-ring (bicyclic) bond motifs is 9. The van der Waals surface area contributed by atoms with Crippen LogP contribution in [0, 0.1) is 0 Å². The van der Waals surface area contributed by atoms with Gasteiger partial charge in [0, 0.05) is 32.5 Å². The number of hydrogen-bond acceptors (Lipinski definition) is 3. The Morgan fingerprint density at radius 2 is 1.06 bits per heavy atom. The van der Waals surface area contributed by atoms with Crippen LogP contribution in [0.4, 0.5) is 0 Å². The van der Waals surface area contributed by atoms with Gasteiger partial charge in [-0.05, 0) is 42.3 Å². The van der Waals surface area contributed by atoms with Crippen LogP contribution in [0.15, 0.2) is 163 Å². The molecule has 0 fully saturated rings. The molecule has 0 unspecified atom stereocenters. The summed E-state index contributed by atoms with van der Waals surface area (Å²) in [5, 5.41) is 7.19. The minimum Gasteiger partial charge on any atom is -0.307 e. The van der Waals surface area contributed by atoms with Gasteiger partial charge in [-0.15, -0.1) is 0 Å². The molecule has 0 aliphatic carbocycles. The van der Waals surface area contributed by atoms with Crippen molar-refractivity contribution in [3.63, 3.8) is 0 Å². The zero-order chi connectivity index (χ0) is 33.7. The Kier molecular flexibility index (Phi) is 6.95. The molecule has 0 saturated carbocycles. The molecule has 6 aromatic carbocycles. The van der Waals surface area contributed by atoms with Crippen molar-refractivity contribution in [3.8, 4) is 17.1 Å². The summed E-state index contributed by atoms with van der Waals surface area (Å²) < 4.78 is 4.80. The second-order valence-corrected chi connectivity index (χ2v) is 13.1. The van der Waals surface area contributed by atoms with Crippen LogP contribution in [0.25, 0.3) is 82.9 Å². The van der Waals surface area contributed by atoms with E-state index in [0.29, 0.717) is 5.82 Å². The molecule has 1 aliphatic heterocycles. The highest BCUT2D eigenvalue weighted by molar-refractivity contribution is 6.30. The van der Waals surface area contributed by atoms with E-state index in [1.165, 1.54) is 37.8 Å². The topological polar surface area (TPSA) is 48.0 Å². The summed E-state index contributed by atoms with van der Waals surface area (Å²) in [6.07, 6.45) is 13.6. The van der Waals surface area contributed by atoms with E-state index in [9.17, 15) is 0 Å². The Labute approximate surface area is 295 Å². The molecule has 5 heteroatoms. The monoisotopic (exact) mass is 655 g/mol. The maximum Gasteiger partial charge on any atom is 0.159 e. The van der Waals surface area contributed by atoms with E-state index >= 15 is 0 Å². The largest absolute Gasteiger partial charge is 0.307 e. The second-order valence-electron chi connectivity index (χ2n) is 13.1. The summed E-state index contributed by atoms with van der Waals surface area (Å²) in [4.78, 5) is 14.9. The van der Waals surface area contributed by atoms with Crippen LogP contribution in [-0.4, -0.2) is 25.3 Å². The third-order valence-corrected chi connectivity index (χ3v) is 10.1. The second kappa shape index (κ2) is 12.1. The lowest BCUT2D eigenvalue weighted by Gasteiger charge is -2.14. The number of benzene rings is 6. The predicted molar refractivity (Wildman–Crippen MR) is 213 cm³/mol. The Hall–Kier alpha value is -6.59. The Bertz CT molecular complexity index is 2850. The van der Waals surface area contributed by atoms with Crippen LogP contribution in [0.2, 0.25) is 0 Å². The van der Waals surface area contributed by atoms with Crippen molar-refractivity contribution in [1.82, 2.24) is 19.1 Å². The highest BCUT2D eigenvalue weighted by atomic mass is 15.0. The van der Waals surface area contributed by atoms with Gasteiger partial charge in [0.2, 0.25) is 0 Å². The van der Waals surface area contributed by atoms with Crippen molar-refractivity contribution < 1.29 is 0 Å². The van der Waals surface area contributed by atoms with Gasteiger partial charge in [0.05, 0.1) is 57.8 Å². The van der Waals surface area contributed by atoms with Gasteiger partial charge in [-0.1, -0.05) is 133 Å². The Balaban J connectivity index is 1.29. The summed E-state index contributed by atoms with van der Waals surface area (Å²) in [5.74, 6) is 0.711. The molecule has 0 amide bonds. The molecule has 4 heterocycles. The summed E-state index contributed by atoms with van der Waals surface area (Å²) >= 11 is 0. The number of nitrogens with zero attached hydrogens (tertiary/aromatic N) is 5. The van der Waals surface area contributed by atoms with E-state index in [1.54, 1.807) is 0 Å². The molecule has 0 saturated heterocycles. The standard InChI is InChI=1S/C46H33N5/c1-4-14-31(15-5-1)40-21-9-3-8-18-34(28-47-40)50-41-22-12-10-19-36(41)38-26-24-32-25-27-39-37-20-11-13-23-42(37)51(45(39)43(32)44(38)50)35-29-48-46(49-30-35)33-16-6-2-7-17-33/h1-2,4-7,10-30H,3,8-9H2/b34-18+,40-21+,47-28-. The van der Waals surface area contributed by atoms with Crippen molar-refractivity contribution in [2.75, 3.05) is 0 Å². The fourth-order valence-corrected chi connectivity index (χ4v) is 7.82. The van der Waals surface area contributed by atoms with Crippen LogP contribution in [0.3, 0.4) is 0 Å². The first kappa shape index (κ1) is 29.3. The summed E-state index contributed by atoms with van der Waals surface area (Å²) in [5.41, 5.74) is 9.75. The fourth-order valence-electron chi connectivity index (χ4n) is 7.82. The molecular weight excluding hydrogens is 623 g/mol. The number of rotatable bonds is 4. The van der Waals surface area contributed by atoms with Crippen molar-refractivity contribution >= 4 is 72.0 Å². The van der Waals surface area contributed by atoms with Gasteiger partial charge in [-0.2, -0.15) is 0 Å². The number of aromatic nitrogens is 4. The number of para-hydroxylation sites is 2. The average molecular weight is 656 g/mol. The van der Waals surface area contributed by atoms with Gasteiger partial charge < -0.3 is 9.13 Å². The summed E-state index contributed by atoms with van der Waals surface area (Å²) in [6, 6.07) is 47.2. The highest BCUT2D eigenvalue weighted by Crippen LogP contribution is 2.43. The maximum atomic E-state index is 5.17. The highest BCUT2D eigenvalue weighted by Gasteiger charge is 2.22. The minimum absolute atomic E-state index is 0.711. The van der Waals surface area contributed by atoms with Gasteiger partial charge in [0.1, 0.15) is 0 Å². The fraction of sp³-hybridized carbons (Fsp3) is 0.0652. The summed E-state index contributed by atoms with van der Waals surface area (Å²) in [7, 11) is 0. The molecule has 9 aromatic rings. The van der Waals surface area contributed by atoms with Crippen LogP contribution in [0.1, 0.15) is 24.8 Å². The molecule has 0 atom stereocenters. The molecular formula is C46H33N5. The third-order valence-electron chi connectivity index (χ3n) is 10.1. The van der Waals surface area contributed by atoms with Crippen LogP contribution < -0.4 is 0 Å². The molecule has 51 heavy (non-hydrogen) atoms. The zero-order valence-corrected chi connectivity index (χ0v) is 27.9. The van der Waals surface area contributed by atoms with Crippen molar-refractivity contribution in [2.45, 2.75) is 19.3 Å². The summed E-state index contributed by atoms with van der Waals surface area (Å²) in [6.45, 7) is 0. The molecule has 10 rings (SSSR count). The SMILES string of the molecule is C1=N\C(c2ccccc2)=C\CCC\C=C/1n1c2ccccc2c2ccc3ccc4c5ccccc5n(-c5cnc(-c6ccccc6)nc5)c4c3c21. The molecule has 242 valence electrons. The zero-order valence-electron chi connectivity index (χ0n) is 27.9. The average Bonchev–Trinajstić information content (AvgIpc) is 3.75. The van der Waals surface area contributed by atoms with Gasteiger partial charge in [0.25, 0.3) is 0 Å². The van der Waals surface area contributed by atoms with E-state index in [2.05, 4.69) is 131 Å². The lowest BCUT2D eigenvalue weighted by Crippen LogP contribution is -2.01. The number of hydrogen-bond donors (Lipinski definition) is 0. The normalized spacial score (nSPS) is 16.5. The Morgan fingerprint density at radius 1 is 0.490 bits per heavy atom. The molecule has 3 aromatic heterocycles. The third kappa shape index (κ3) is 4.81. The molecule has 5 nitrogen and oxygen atoms in total. The minimum atomic E-state index is 0.711. The molecule has 0 bridgehead atoms. The molecule has 0 N–H and O–H groups in total. The van der Waals surface area contributed by atoms with Crippen LogP contribution in [0.5, 0.6) is 0 Å². The lowest BCUT2D eigenvalue weighted by atomic mass is 10.0. The van der Waals surface area contributed by atoms with Gasteiger partial charge in [-0.25, -0.2) is 9.97 Å². The van der Waals surface area contributed by atoms with E-state index in [0.717, 1.165) is 64.0 Å². The van der Waals surface area contributed by atoms with Crippen molar-refractivity contribution in [2.24, 2.45) is 4.99 Å². The Morgan fingerprint density at radius 3 is 1.75 bits per heavy atom. The predicted octanol–water partition coefficient (Wildman–Crippen LogP) is 11.6. The quantitative estimate of drug-likeness (QED) is 0.189. The first-order valence-corrected chi connectivity index (χ1v) is 17.6. The van der Waals surface area contributed by atoms with E-state index < -0.39 is 0 Å². The molecule has 1 aliphatic rings. The van der Waals surface area contributed by atoms with Crippen LogP contribution >= 0.6 is 0 Å². The van der Waals surface area contributed by atoms with E-state index in [4.69, 9.17) is 15.0 Å². The smallest absolute Gasteiger partial charge is 0.159 e. The first-order valence-electron chi connectivity index (χ1n) is 17.6. The van der Waals surface area contributed by atoms with E-state index in [-0.39, 0.29) is 0 Å². The number of aliphatic imine (C=N–C) groups is 1. The lowest BCUT2D eigenvalue weighted by molar-refractivity contribution is 0.868. The molecule has 0 spiro atoms. The first-order chi connectivity index (χ1) is 25.3. The number of allylic oxidation sites excluding steroid dienone is 3. The maximum absolute atomic E-state index is 5.17. The van der Waals surface area contributed by atoms with Crippen LogP contribution in [-0.2, 0) is 0 Å². The van der Waals surface area contributed by atoms with E-state index in [1.807, 2.05) is 42.7 Å². The molecule has 0 radical (unpaired) electrons. The van der Waals surface area contributed by atoms with Gasteiger partial charge >= 0.3 is 0 Å².